The van der Waals surface area contributed by atoms with Crippen LogP contribution in [0.4, 0.5) is 5.82 Å². The van der Waals surface area contributed by atoms with Crippen LogP contribution in [0, 0.1) is 11.8 Å². The highest BCUT2D eigenvalue weighted by Crippen LogP contribution is 2.21. The van der Waals surface area contributed by atoms with Gasteiger partial charge >= 0.3 is 0 Å². The number of anilines is 1. The van der Waals surface area contributed by atoms with Gasteiger partial charge in [-0.1, -0.05) is 19.9 Å². The normalized spacial score (nSPS) is 27.0. The molecule has 150 valence electrons. The van der Waals surface area contributed by atoms with E-state index in [1.165, 1.54) is 6.42 Å². The van der Waals surface area contributed by atoms with E-state index in [9.17, 15) is 0 Å². The number of hydrogen-bond donors (Lipinski definition) is 1. The third kappa shape index (κ3) is 5.58. The predicted molar refractivity (Wildman–Crippen MR) is 111 cm³/mol. The second-order valence-electron chi connectivity index (χ2n) is 8.17. The highest BCUT2D eigenvalue weighted by atomic mass is 16.5. The minimum Gasteiger partial charge on any atom is -0.375 e. The first kappa shape index (κ1) is 19.9. The van der Waals surface area contributed by atoms with E-state index in [2.05, 4.69) is 59.9 Å². The maximum atomic E-state index is 5.61. The van der Waals surface area contributed by atoms with Gasteiger partial charge in [-0.05, 0) is 43.7 Å². The van der Waals surface area contributed by atoms with Gasteiger partial charge in [0.25, 0.3) is 0 Å². The fourth-order valence-corrected chi connectivity index (χ4v) is 4.15. The van der Waals surface area contributed by atoms with Crippen LogP contribution in [0.3, 0.4) is 0 Å². The number of rotatable bonds is 4. The van der Waals surface area contributed by atoms with Crippen LogP contribution >= 0.6 is 0 Å². The molecule has 0 aromatic carbocycles. The second kappa shape index (κ2) is 9.40. The monoisotopic (exact) mass is 373 g/mol. The molecule has 0 bridgehead atoms. The van der Waals surface area contributed by atoms with Gasteiger partial charge in [0.15, 0.2) is 5.96 Å². The molecule has 0 amide bonds. The molecule has 1 aromatic heterocycles. The molecule has 2 aliphatic rings. The fraction of sp³-hybridized carbons (Fsp3) is 0.714. The van der Waals surface area contributed by atoms with Crippen LogP contribution in [-0.2, 0) is 11.3 Å². The third-order valence-electron chi connectivity index (χ3n) is 5.29. The Hall–Kier alpha value is -1.82. The molecule has 1 aromatic rings. The van der Waals surface area contributed by atoms with E-state index in [-0.39, 0.29) is 6.10 Å². The number of nitrogens with zero attached hydrogens (tertiary/aromatic N) is 4. The van der Waals surface area contributed by atoms with Gasteiger partial charge < -0.3 is 19.9 Å². The molecule has 0 spiro atoms. The van der Waals surface area contributed by atoms with Crippen molar-refractivity contribution in [2.45, 2.75) is 46.8 Å². The molecule has 0 radical (unpaired) electrons. The first-order chi connectivity index (χ1) is 13.0. The van der Waals surface area contributed by atoms with E-state index >= 15 is 0 Å². The minimum absolute atomic E-state index is 0.266. The Kier molecular flexibility index (Phi) is 6.94. The van der Waals surface area contributed by atoms with Crippen molar-refractivity contribution < 1.29 is 4.74 Å². The number of likely N-dealkylation sites (tertiary alicyclic amines) is 1. The van der Waals surface area contributed by atoms with E-state index in [1.807, 2.05) is 6.20 Å². The second-order valence-corrected chi connectivity index (χ2v) is 8.17. The predicted octanol–water partition coefficient (Wildman–Crippen LogP) is 2.75. The number of piperidine rings is 1. The summed E-state index contributed by atoms with van der Waals surface area (Å²) < 4.78 is 5.61. The van der Waals surface area contributed by atoms with Crippen molar-refractivity contribution >= 4 is 11.8 Å². The summed E-state index contributed by atoms with van der Waals surface area (Å²) in [5.41, 5.74) is 1.15. The molecule has 0 saturated carbocycles. The summed E-state index contributed by atoms with van der Waals surface area (Å²) >= 11 is 0. The molecule has 3 rings (SSSR count). The summed E-state index contributed by atoms with van der Waals surface area (Å²) in [4.78, 5) is 14.3. The van der Waals surface area contributed by atoms with Crippen LogP contribution in [0.1, 0.15) is 39.7 Å². The molecule has 6 heteroatoms. The highest BCUT2D eigenvalue weighted by Gasteiger charge is 2.24. The topological polar surface area (TPSA) is 53.0 Å². The zero-order valence-corrected chi connectivity index (χ0v) is 17.3. The maximum Gasteiger partial charge on any atom is 0.194 e. The summed E-state index contributed by atoms with van der Waals surface area (Å²) in [6, 6.07) is 4.26. The van der Waals surface area contributed by atoms with Gasteiger partial charge in [-0.15, -0.1) is 0 Å². The Morgan fingerprint density at radius 3 is 2.63 bits per heavy atom. The number of ether oxygens (including phenoxy) is 1. The van der Waals surface area contributed by atoms with Crippen molar-refractivity contribution in [3.63, 3.8) is 0 Å². The lowest BCUT2D eigenvalue weighted by molar-refractivity contribution is 0.0529. The first-order valence-corrected chi connectivity index (χ1v) is 10.4. The number of nitrogens with one attached hydrogen (secondary N) is 1. The van der Waals surface area contributed by atoms with E-state index in [0.29, 0.717) is 6.54 Å². The van der Waals surface area contributed by atoms with Gasteiger partial charge in [0.2, 0.25) is 0 Å². The molecule has 0 aliphatic carbocycles. The van der Waals surface area contributed by atoms with Crippen LogP contribution in [0.15, 0.2) is 23.3 Å². The van der Waals surface area contributed by atoms with Gasteiger partial charge in [0.1, 0.15) is 5.82 Å². The zero-order chi connectivity index (χ0) is 19.2. The number of aromatic nitrogens is 1. The molecular weight excluding hydrogens is 338 g/mol. The molecule has 2 fully saturated rings. The summed E-state index contributed by atoms with van der Waals surface area (Å²) in [6.45, 7) is 15.2. The van der Waals surface area contributed by atoms with Gasteiger partial charge in [0.05, 0.1) is 19.3 Å². The molecule has 2 saturated heterocycles. The van der Waals surface area contributed by atoms with E-state index in [4.69, 9.17) is 9.73 Å². The molecule has 27 heavy (non-hydrogen) atoms. The van der Waals surface area contributed by atoms with Crippen molar-refractivity contribution in [1.82, 2.24) is 15.2 Å². The van der Waals surface area contributed by atoms with Crippen LogP contribution in [0.25, 0.3) is 0 Å². The Morgan fingerprint density at radius 1 is 1.22 bits per heavy atom. The molecule has 3 atom stereocenters. The fourth-order valence-electron chi connectivity index (χ4n) is 4.15. The average molecular weight is 374 g/mol. The number of morpholine rings is 1. The van der Waals surface area contributed by atoms with Crippen molar-refractivity contribution in [3.8, 4) is 0 Å². The molecule has 3 heterocycles. The molecular formula is C21H35N5O. The average Bonchev–Trinajstić information content (AvgIpc) is 2.65. The number of guanidine groups is 1. The van der Waals surface area contributed by atoms with Crippen LogP contribution in [-0.4, -0.2) is 61.3 Å². The van der Waals surface area contributed by atoms with E-state index in [1.54, 1.807) is 0 Å². The quantitative estimate of drug-likeness (QED) is 0.650. The summed E-state index contributed by atoms with van der Waals surface area (Å²) in [6.07, 6.45) is 3.53. The lowest BCUT2D eigenvalue weighted by atomic mass is 9.92. The van der Waals surface area contributed by atoms with Crippen molar-refractivity contribution in [2.75, 3.05) is 44.2 Å². The minimum atomic E-state index is 0.266. The largest absolute Gasteiger partial charge is 0.375 e. The standard InChI is InChI=1S/C21H35N5O/c1-5-22-21(26-13-16(2)10-17(3)14-26)24-12-19-6-7-20(23-11-19)25-8-9-27-18(4)15-25/h6-7,11,16-18H,5,8-10,12-15H2,1-4H3,(H,22,24). The Bertz CT molecular complexity index is 608. The number of pyridine rings is 1. The number of hydrogen-bond acceptors (Lipinski definition) is 4. The highest BCUT2D eigenvalue weighted by molar-refractivity contribution is 5.80. The van der Waals surface area contributed by atoms with E-state index in [0.717, 1.165) is 68.5 Å². The molecule has 3 unspecified atom stereocenters. The molecule has 1 N–H and O–H groups in total. The Labute approximate surface area is 164 Å². The molecule has 2 aliphatic heterocycles. The van der Waals surface area contributed by atoms with Gasteiger partial charge in [-0.25, -0.2) is 9.98 Å². The summed E-state index contributed by atoms with van der Waals surface area (Å²) in [5.74, 6) is 3.49. The zero-order valence-electron chi connectivity index (χ0n) is 17.3. The van der Waals surface area contributed by atoms with E-state index < -0.39 is 0 Å². The van der Waals surface area contributed by atoms with Crippen molar-refractivity contribution in [3.05, 3.63) is 23.9 Å². The third-order valence-corrected chi connectivity index (χ3v) is 5.29. The summed E-state index contributed by atoms with van der Waals surface area (Å²) in [7, 11) is 0. The van der Waals surface area contributed by atoms with Crippen molar-refractivity contribution in [1.29, 1.82) is 0 Å². The number of aliphatic imine (C=N–C) groups is 1. The molecule has 6 nitrogen and oxygen atoms in total. The first-order valence-electron chi connectivity index (χ1n) is 10.4. The van der Waals surface area contributed by atoms with Gasteiger partial charge in [-0.3, -0.25) is 0 Å². The van der Waals surface area contributed by atoms with Crippen LogP contribution < -0.4 is 10.2 Å². The van der Waals surface area contributed by atoms with Gasteiger partial charge in [0, 0.05) is 38.9 Å². The van der Waals surface area contributed by atoms with Crippen molar-refractivity contribution in [2.24, 2.45) is 16.8 Å². The Morgan fingerprint density at radius 2 is 2.00 bits per heavy atom. The van der Waals surface area contributed by atoms with Gasteiger partial charge in [-0.2, -0.15) is 0 Å². The lowest BCUT2D eigenvalue weighted by Gasteiger charge is -2.37. The van der Waals surface area contributed by atoms with Crippen LogP contribution in [0.2, 0.25) is 0 Å². The van der Waals surface area contributed by atoms with Crippen LogP contribution in [0.5, 0.6) is 0 Å². The SMILES string of the molecule is CCNC(=NCc1ccc(N2CCOC(C)C2)nc1)N1CC(C)CC(C)C1. The lowest BCUT2D eigenvalue weighted by Crippen LogP contribution is -2.48. The summed E-state index contributed by atoms with van der Waals surface area (Å²) in [5, 5.41) is 3.47. The smallest absolute Gasteiger partial charge is 0.194 e. The Balaban J connectivity index is 1.63. The maximum absolute atomic E-state index is 5.61.